The van der Waals surface area contributed by atoms with Crippen molar-refractivity contribution in [3.63, 3.8) is 0 Å². The molecular formula is C48H85NO5. The highest BCUT2D eigenvalue weighted by Gasteiger charge is 2.17. The number of carbonyl (C=O) groups is 2. The minimum absolute atomic E-state index is 0.0351. The Morgan fingerprint density at radius 3 is 1.50 bits per heavy atom. The molecule has 0 spiro atoms. The SMILES string of the molecule is CCCC/C=C\C/C=C\CCCCCCCC(=O)OCCCCCCCC/C=C\C/C=C\CCC(=O)NC(CO)C(O)/C=C/CCCCCCCCCC. The number of hydrogen-bond donors (Lipinski definition) is 3. The van der Waals surface area contributed by atoms with Crippen LogP contribution in [0.25, 0.3) is 0 Å². The van der Waals surface area contributed by atoms with Gasteiger partial charge >= 0.3 is 5.97 Å². The highest BCUT2D eigenvalue weighted by Crippen LogP contribution is 2.12. The van der Waals surface area contributed by atoms with E-state index >= 15 is 0 Å². The second kappa shape index (κ2) is 43.3. The van der Waals surface area contributed by atoms with E-state index in [9.17, 15) is 19.8 Å². The van der Waals surface area contributed by atoms with Crippen LogP contribution in [0.4, 0.5) is 0 Å². The van der Waals surface area contributed by atoms with Gasteiger partial charge in [0.15, 0.2) is 0 Å². The Balaban J connectivity index is 3.61. The molecule has 0 aliphatic rings. The van der Waals surface area contributed by atoms with Gasteiger partial charge in [-0.05, 0) is 77.0 Å². The van der Waals surface area contributed by atoms with E-state index in [4.69, 9.17) is 4.74 Å². The number of amides is 1. The van der Waals surface area contributed by atoms with E-state index in [1.807, 2.05) is 12.2 Å². The molecule has 6 nitrogen and oxygen atoms in total. The molecule has 6 heteroatoms. The zero-order valence-corrected chi connectivity index (χ0v) is 35.2. The van der Waals surface area contributed by atoms with Crippen LogP contribution >= 0.6 is 0 Å². The van der Waals surface area contributed by atoms with Crippen molar-refractivity contribution in [3.05, 3.63) is 60.8 Å². The molecule has 0 radical (unpaired) electrons. The number of esters is 1. The van der Waals surface area contributed by atoms with E-state index in [2.05, 4.69) is 61.7 Å². The van der Waals surface area contributed by atoms with Gasteiger partial charge in [0, 0.05) is 12.8 Å². The van der Waals surface area contributed by atoms with Gasteiger partial charge in [0.05, 0.1) is 25.4 Å². The largest absolute Gasteiger partial charge is 0.466 e. The number of ether oxygens (including phenoxy) is 1. The summed E-state index contributed by atoms with van der Waals surface area (Å²) in [6.07, 6.45) is 53.6. The van der Waals surface area contributed by atoms with Crippen LogP contribution in [0.15, 0.2) is 60.8 Å². The summed E-state index contributed by atoms with van der Waals surface area (Å²) in [4.78, 5) is 24.3. The van der Waals surface area contributed by atoms with Crippen molar-refractivity contribution in [2.45, 2.75) is 219 Å². The predicted octanol–water partition coefficient (Wildman–Crippen LogP) is 12.9. The van der Waals surface area contributed by atoms with Crippen LogP contribution in [0, 0.1) is 0 Å². The van der Waals surface area contributed by atoms with Gasteiger partial charge in [-0.3, -0.25) is 9.59 Å². The zero-order chi connectivity index (χ0) is 39.4. The van der Waals surface area contributed by atoms with Gasteiger partial charge in [0.1, 0.15) is 0 Å². The Morgan fingerprint density at radius 2 is 0.963 bits per heavy atom. The molecule has 0 aliphatic heterocycles. The molecule has 3 N–H and O–H groups in total. The molecule has 0 bridgehead atoms. The lowest BCUT2D eigenvalue weighted by Gasteiger charge is -2.19. The highest BCUT2D eigenvalue weighted by molar-refractivity contribution is 5.76. The number of unbranched alkanes of at least 4 members (excludes halogenated alkanes) is 21. The lowest BCUT2D eigenvalue weighted by Crippen LogP contribution is -2.45. The van der Waals surface area contributed by atoms with Crippen LogP contribution in [0.2, 0.25) is 0 Å². The second-order valence-corrected chi connectivity index (χ2v) is 15.0. The summed E-state index contributed by atoms with van der Waals surface area (Å²) in [6, 6.07) is -0.671. The van der Waals surface area contributed by atoms with Crippen LogP contribution in [-0.4, -0.2) is 47.4 Å². The molecule has 312 valence electrons. The number of carbonyl (C=O) groups excluding carboxylic acids is 2. The minimum atomic E-state index is -0.878. The predicted molar refractivity (Wildman–Crippen MR) is 232 cm³/mol. The number of hydrogen-bond acceptors (Lipinski definition) is 5. The minimum Gasteiger partial charge on any atom is -0.466 e. The van der Waals surface area contributed by atoms with Crippen molar-refractivity contribution in [1.82, 2.24) is 5.32 Å². The Labute approximate surface area is 333 Å². The van der Waals surface area contributed by atoms with E-state index in [-0.39, 0.29) is 18.5 Å². The average Bonchev–Trinajstić information content (AvgIpc) is 3.17. The number of aliphatic hydroxyl groups is 2. The van der Waals surface area contributed by atoms with Crippen molar-refractivity contribution in [2.75, 3.05) is 13.2 Å². The third-order valence-corrected chi connectivity index (χ3v) is 9.77. The number of aliphatic hydroxyl groups excluding tert-OH is 2. The second-order valence-electron chi connectivity index (χ2n) is 15.0. The van der Waals surface area contributed by atoms with Crippen LogP contribution in [0.5, 0.6) is 0 Å². The molecule has 54 heavy (non-hydrogen) atoms. The van der Waals surface area contributed by atoms with Crippen molar-refractivity contribution in [2.24, 2.45) is 0 Å². The first-order valence-corrected chi connectivity index (χ1v) is 22.6. The Bertz CT molecular complexity index is 968. The first kappa shape index (κ1) is 51.6. The fourth-order valence-corrected chi connectivity index (χ4v) is 6.23. The Morgan fingerprint density at radius 1 is 0.519 bits per heavy atom. The maximum Gasteiger partial charge on any atom is 0.305 e. The van der Waals surface area contributed by atoms with Crippen molar-refractivity contribution < 1.29 is 24.5 Å². The summed E-state index contributed by atoms with van der Waals surface area (Å²) < 4.78 is 5.43. The van der Waals surface area contributed by atoms with Crippen LogP contribution < -0.4 is 5.32 Å². The van der Waals surface area contributed by atoms with Gasteiger partial charge in [-0.25, -0.2) is 0 Å². The lowest BCUT2D eigenvalue weighted by molar-refractivity contribution is -0.143. The van der Waals surface area contributed by atoms with Gasteiger partial charge in [0.2, 0.25) is 5.91 Å². The molecule has 0 aromatic carbocycles. The van der Waals surface area contributed by atoms with Gasteiger partial charge in [0.25, 0.3) is 0 Å². The summed E-state index contributed by atoms with van der Waals surface area (Å²) in [5, 5.41) is 22.8. The number of rotatable bonds is 40. The summed E-state index contributed by atoms with van der Waals surface area (Å²) in [5.74, 6) is -0.189. The normalized spacial score (nSPS) is 13.3. The summed E-state index contributed by atoms with van der Waals surface area (Å²) >= 11 is 0. The van der Waals surface area contributed by atoms with Gasteiger partial charge < -0.3 is 20.3 Å². The number of allylic oxidation sites excluding steroid dienone is 9. The third kappa shape index (κ3) is 39.3. The third-order valence-electron chi connectivity index (χ3n) is 9.77. The van der Waals surface area contributed by atoms with Crippen molar-refractivity contribution in [3.8, 4) is 0 Å². The van der Waals surface area contributed by atoms with Gasteiger partial charge in [-0.1, -0.05) is 177 Å². The molecule has 0 rings (SSSR count). The molecule has 0 saturated carbocycles. The highest BCUT2D eigenvalue weighted by atomic mass is 16.5. The standard InChI is InChI=1S/C48H85NO5/c1-3-5-7-9-11-13-15-16-19-22-26-30-34-38-42-48(53)54-43-39-35-31-27-23-20-17-18-21-25-29-33-37-41-47(52)49-45(44-50)46(51)40-36-32-28-24-14-12-10-8-6-4-2/h9,11,15-16,18,21,29,33,36,40,45-46,50-51H,3-8,10,12-14,17,19-20,22-28,30-32,34-35,37-39,41-44H2,1-2H3,(H,49,52)/b11-9-,16-15-,21-18-,33-29-,40-36+. The van der Waals surface area contributed by atoms with Gasteiger partial charge in [-0.2, -0.15) is 0 Å². The van der Waals surface area contributed by atoms with E-state index in [1.54, 1.807) is 6.08 Å². The van der Waals surface area contributed by atoms with Crippen LogP contribution in [-0.2, 0) is 14.3 Å². The molecule has 0 fully saturated rings. The maximum atomic E-state index is 12.3. The average molecular weight is 756 g/mol. The lowest BCUT2D eigenvalue weighted by atomic mass is 10.1. The molecule has 0 aromatic rings. The van der Waals surface area contributed by atoms with Crippen LogP contribution in [0.3, 0.4) is 0 Å². The monoisotopic (exact) mass is 756 g/mol. The molecule has 0 heterocycles. The van der Waals surface area contributed by atoms with Crippen LogP contribution in [0.1, 0.15) is 206 Å². The molecular weight excluding hydrogens is 671 g/mol. The molecule has 2 unspecified atom stereocenters. The fraction of sp³-hybridized carbons (Fsp3) is 0.750. The van der Waals surface area contributed by atoms with E-state index < -0.39 is 12.1 Å². The quantitative estimate of drug-likeness (QED) is 0.0329. The first-order valence-electron chi connectivity index (χ1n) is 22.6. The summed E-state index contributed by atoms with van der Waals surface area (Å²) in [5.41, 5.74) is 0. The number of nitrogens with one attached hydrogen (secondary N) is 1. The molecule has 0 saturated heterocycles. The summed E-state index contributed by atoms with van der Waals surface area (Å²) in [6.45, 7) is 4.74. The van der Waals surface area contributed by atoms with E-state index in [1.165, 1.54) is 109 Å². The maximum absolute atomic E-state index is 12.3. The van der Waals surface area contributed by atoms with Crippen molar-refractivity contribution in [1.29, 1.82) is 0 Å². The van der Waals surface area contributed by atoms with Crippen molar-refractivity contribution >= 4 is 11.9 Å². The Kier molecular flexibility index (Phi) is 41.3. The fourth-order valence-electron chi connectivity index (χ4n) is 6.23. The van der Waals surface area contributed by atoms with E-state index in [0.717, 1.165) is 64.2 Å². The zero-order valence-electron chi connectivity index (χ0n) is 35.2. The smallest absolute Gasteiger partial charge is 0.305 e. The van der Waals surface area contributed by atoms with E-state index in [0.29, 0.717) is 25.9 Å². The molecule has 2 atom stereocenters. The van der Waals surface area contributed by atoms with Gasteiger partial charge in [-0.15, -0.1) is 0 Å². The molecule has 0 aliphatic carbocycles. The summed E-state index contributed by atoms with van der Waals surface area (Å²) in [7, 11) is 0. The Hall–Kier alpha value is -2.44. The topological polar surface area (TPSA) is 95.9 Å². The molecule has 0 aromatic heterocycles. The first-order chi connectivity index (χ1) is 26.5. The molecule has 1 amide bonds.